The molecular formula is C13H18O4S. The van der Waals surface area contributed by atoms with E-state index in [1.165, 1.54) is 6.42 Å². The molecule has 5 heteroatoms. The van der Waals surface area contributed by atoms with Gasteiger partial charge in [-0.2, -0.15) is 0 Å². The third-order valence-corrected chi connectivity index (χ3v) is 6.96. The Morgan fingerprint density at radius 2 is 1.50 bits per heavy atom. The normalized spacial score (nSPS) is 42.6. The summed E-state index contributed by atoms with van der Waals surface area (Å²) in [7, 11) is -3.40. The Bertz CT molecular complexity index is 463. The second-order valence-corrected chi connectivity index (χ2v) is 8.12. The van der Waals surface area contributed by atoms with E-state index in [1.54, 1.807) is 0 Å². The molecule has 4 aliphatic rings. The summed E-state index contributed by atoms with van der Waals surface area (Å²) in [6.45, 7) is 0. The van der Waals surface area contributed by atoms with Gasteiger partial charge in [-0.25, -0.2) is 13.2 Å². The van der Waals surface area contributed by atoms with Crippen molar-refractivity contribution in [3.05, 3.63) is 11.5 Å². The second-order valence-electron chi connectivity index (χ2n) is 6.13. The number of carbonyl (C=O) groups is 1. The van der Waals surface area contributed by atoms with Gasteiger partial charge in [0.1, 0.15) is 0 Å². The summed E-state index contributed by atoms with van der Waals surface area (Å²) in [5.74, 6) is 0.793. The van der Waals surface area contributed by atoms with Crippen molar-refractivity contribution in [2.24, 2.45) is 23.7 Å². The quantitative estimate of drug-likeness (QED) is 0.794. The highest BCUT2D eigenvalue weighted by Gasteiger charge is 2.52. The summed E-state index contributed by atoms with van der Waals surface area (Å²) in [6.07, 6.45) is 6.15. The van der Waals surface area contributed by atoms with Crippen molar-refractivity contribution in [1.82, 2.24) is 0 Å². The molecule has 4 nitrogen and oxygen atoms in total. The molecule has 0 spiro atoms. The zero-order chi connectivity index (χ0) is 12.9. The highest BCUT2D eigenvalue weighted by atomic mass is 32.2. The van der Waals surface area contributed by atoms with Crippen molar-refractivity contribution in [2.45, 2.75) is 37.4 Å². The van der Waals surface area contributed by atoms with E-state index in [0.29, 0.717) is 0 Å². The van der Waals surface area contributed by atoms with Crippen LogP contribution in [-0.2, 0) is 14.6 Å². The number of rotatable bonds is 3. The van der Waals surface area contributed by atoms with Crippen LogP contribution < -0.4 is 0 Å². The van der Waals surface area contributed by atoms with Crippen LogP contribution in [0.5, 0.6) is 0 Å². The topological polar surface area (TPSA) is 71.4 Å². The Hall–Kier alpha value is -0.840. The maximum atomic E-state index is 12.3. The molecular weight excluding hydrogens is 252 g/mol. The van der Waals surface area contributed by atoms with Crippen LogP contribution in [0.1, 0.15) is 32.1 Å². The average molecular weight is 270 g/mol. The summed E-state index contributed by atoms with van der Waals surface area (Å²) in [5.41, 5.74) is 0. The third-order valence-electron chi connectivity index (χ3n) is 4.92. The Labute approximate surface area is 107 Å². The summed E-state index contributed by atoms with van der Waals surface area (Å²) in [6, 6.07) is 0. The van der Waals surface area contributed by atoms with Crippen LogP contribution in [0, 0.1) is 23.7 Å². The highest BCUT2D eigenvalue weighted by Crippen LogP contribution is 2.55. The lowest BCUT2D eigenvalue weighted by atomic mass is 9.56. The van der Waals surface area contributed by atoms with Gasteiger partial charge in [0.25, 0.3) is 0 Å². The van der Waals surface area contributed by atoms with Crippen molar-refractivity contribution >= 4 is 15.8 Å². The Balaban J connectivity index is 1.86. The van der Waals surface area contributed by atoms with Crippen molar-refractivity contribution in [1.29, 1.82) is 0 Å². The van der Waals surface area contributed by atoms with Crippen LogP contribution in [0.3, 0.4) is 0 Å². The molecule has 0 atom stereocenters. The first-order valence-electron chi connectivity index (χ1n) is 6.60. The van der Waals surface area contributed by atoms with E-state index in [-0.39, 0.29) is 17.1 Å². The van der Waals surface area contributed by atoms with Gasteiger partial charge in [0.2, 0.25) is 0 Å². The van der Waals surface area contributed by atoms with Gasteiger partial charge in [0, 0.05) is 11.5 Å². The maximum absolute atomic E-state index is 12.3. The van der Waals surface area contributed by atoms with Gasteiger partial charge in [-0.15, -0.1) is 0 Å². The van der Waals surface area contributed by atoms with Crippen molar-refractivity contribution in [2.75, 3.05) is 0 Å². The molecule has 0 aliphatic heterocycles. The number of aliphatic carboxylic acids is 1. The van der Waals surface area contributed by atoms with Gasteiger partial charge < -0.3 is 5.11 Å². The molecule has 0 amide bonds. The van der Waals surface area contributed by atoms with Gasteiger partial charge in [-0.05, 0) is 55.8 Å². The number of sulfone groups is 1. The van der Waals surface area contributed by atoms with Gasteiger partial charge in [-0.1, -0.05) is 0 Å². The predicted octanol–water partition coefficient (Wildman–Crippen LogP) is 1.82. The molecule has 0 unspecified atom stereocenters. The van der Waals surface area contributed by atoms with Crippen LogP contribution in [0.2, 0.25) is 0 Å². The third kappa shape index (κ3) is 1.98. The molecule has 0 aromatic heterocycles. The summed E-state index contributed by atoms with van der Waals surface area (Å²) < 4.78 is 24.6. The molecule has 100 valence electrons. The molecule has 4 bridgehead atoms. The average Bonchev–Trinajstić information content (AvgIpc) is 2.24. The first-order chi connectivity index (χ1) is 8.45. The lowest BCUT2D eigenvalue weighted by Crippen LogP contribution is -2.51. The monoisotopic (exact) mass is 270 g/mol. The number of hydrogen-bond donors (Lipinski definition) is 1. The smallest absolute Gasteiger partial charge is 0.329 e. The lowest BCUT2D eigenvalue weighted by molar-refractivity contribution is -0.131. The highest BCUT2D eigenvalue weighted by molar-refractivity contribution is 7.94. The van der Waals surface area contributed by atoms with E-state index in [4.69, 9.17) is 5.11 Å². The zero-order valence-electron chi connectivity index (χ0n) is 10.2. The molecule has 0 radical (unpaired) electrons. The molecule has 4 aliphatic carbocycles. The first-order valence-corrected chi connectivity index (χ1v) is 8.21. The lowest BCUT2D eigenvalue weighted by Gasteiger charge is -2.53. The van der Waals surface area contributed by atoms with Gasteiger partial charge in [0.15, 0.2) is 9.84 Å². The number of hydrogen-bond acceptors (Lipinski definition) is 3. The molecule has 4 saturated carbocycles. The second kappa shape index (κ2) is 4.08. The van der Waals surface area contributed by atoms with E-state index in [2.05, 4.69) is 0 Å². The minimum atomic E-state index is -3.40. The molecule has 1 N–H and O–H groups in total. The Kier molecular flexibility index (Phi) is 2.77. The summed E-state index contributed by atoms with van der Waals surface area (Å²) in [5, 5.41) is 9.18. The van der Waals surface area contributed by atoms with Gasteiger partial charge in [0.05, 0.1) is 5.25 Å². The standard InChI is InChI=1S/C13H18O4S/c14-12(15)1-2-18(16,17)13-10-4-8-3-9(6-10)7-11(13)5-8/h1-2,8-11,13H,3-7H2,(H,14,15)/b2-1+. The Morgan fingerprint density at radius 1 is 1.00 bits per heavy atom. The largest absolute Gasteiger partial charge is 0.478 e. The number of carboxylic acids is 1. The fourth-order valence-electron chi connectivity index (χ4n) is 4.66. The molecule has 0 heterocycles. The molecule has 4 fully saturated rings. The fraction of sp³-hybridized carbons (Fsp3) is 0.769. The zero-order valence-corrected chi connectivity index (χ0v) is 11.0. The van der Waals surface area contributed by atoms with E-state index < -0.39 is 15.8 Å². The summed E-state index contributed by atoms with van der Waals surface area (Å²) >= 11 is 0. The van der Waals surface area contributed by atoms with Crippen LogP contribution in [0.25, 0.3) is 0 Å². The maximum Gasteiger partial charge on any atom is 0.329 e. The fourth-order valence-corrected chi connectivity index (χ4v) is 6.66. The van der Waals surface area contributed by atoms with Crippen LogP contribution >= 0.6 is 0 Å². The summed E-state index contributed by atoms with van der Waals surface area (Å²) in [4.78, 5) is 10.5. The SMILES string of the molecule is O=C(O)/C=C/S(=O)(=O)C1C2CC3CC(C2)CC1C3. The molecule has 0 aromatic carbocycles. The minimum absolute atomic E-state index is 0.268. The van der Waals surface area contributed by atoms with Crippen LogP contribution in [-0.4, -0.2) is 24.7 Å². The molecule has 0 aromatic rings. The predicted molar refractivity (Wildman–Crippen MR) is 66.5 cm³/mol. The van der Waals surface area contributed by atoms with Gasteiger partial charge in [-0.3, -0.25) is 0 Å². The molecule has 4 rings (SSSR count). The van der Waals surface area contributed by atoms with Crippen LogP contribution in [0.15, 0.2) is 11.5 Å². The van der Waals surface area contributed by atoms with E-state index in [0.717, 1.165) is 49.0 Å². The Morgan fingerprint density at radius 3 is 1.94 bits per heavy atom. The van der Waals surface area contributed by atoms with Gasteiger partial charge >= 0.3 is 5.97 Å². The van der Waals surface area contributed by atoms with Crippen LogP contribution in [0.4, 0.5) is 0 Å². The minimum Gasteiger partial charge on any atom is -0.478 e. The van der Waals surface area contributed by atoms with E-state index >= 15 is 0 Å². The first kappa shape index (κ1) is 12.2. The van der Waals surface area contributed by atoms with Crippen molar-refractivity contribution in [3.63, 3.8) is 0 Å². The van der Waals surface area contributed by atoms with Crippen molar-refractivity contribution < 1.29 is 18.3 Å². The molecule has 18 heavy (non-hydrogen) atoms. The molecule has 0 saturated heterocycles. The van der Waals surface area contributed by atoms with E-state index in [9.17, 15) is 13.2 Å². The van der Waals surface area contributed by atoms with Crippen molar-refractivity contribution in [3.8, 4) is 0 Å². The number of carboxylic acid groups (broad SMARTS) is 1. The van der Waals surface area contributed by atoms with E-state index in [1.807, 2.05) is 0 Å².